The van der Waals surface area contributed by atoms with Crippen LogP contribution in [0.2, 0.25) is 0 Å². The zero-order valence-electron chi connectivity index (χ0n) is 20.2. The van der Waals surface area contributed by atoms with Crippen LogP contribution in [0.5, 0.6) is 11.5 Å². The number of methoxy groups -OCH3 is 1. The monoisotopic (exact) mass is 464 g/mol. The lowest BCUT2D eigenvalue weighted by atomic mass is 9.94. The number of hydrogen-bond donors (Lipinski definition) is 0. The molecule has 0 aromatic heterocycles. The molecule has 0 radical (unpaired) electrons. The van der Waals surface area contributed by atoms with Crippen LogP contribution < -0.4 is 9.47 Å². The molecular formula is C25H37O6P. The molecule has 0 amide bonds. The zero-order valence-corrected chi connectivity index (χ0v) is 21.1. The van der Waals surface area contributed by atoms with E-state index in [-0.39, 0.29) is 13.1 Å². The quantitative estimate of drug-likeness (QED) is 0.237. The summed E-state index contributed by atoms with van der Waals surface area (Å²) in [5.74, 6) is 1.54. The zero-order chi connectivity index (χ0) is 23.6. The largest absolute Gasteiger partial charge is 0.481 e. The second kappa shape index (κ2) is 13.0. The van der Waals surface area contributed by atoms with Gasteiger partial charge in [0.1, 0.15) is 11.5 Å². The van der Waals surface area contributed by atoms with E-state index in [1.807, 2.05) is 18.2 Å². The number of hydrogen-bond acceptors (Lipinski definition) is 6. The smallest absolute Gasteiger partial charge is 0.367 e. The Kier molecular flexibility index (Phi) is 10.7. The van der Waals surface area contributed by atoms with E-state index in [1.54, 1.807) is 21.0 Å². The standard InChI is InChI=1S/C25H37O6P/c1-7-10-22-15-21(11-12-25(22)28-17-27-6)16-24-19(4)13-23(14-20(24)5)29-18-32(26,30-8-2)31-9-3/h11-15H,7-10,16-18H2,1-6H3. The average Bonchev–Trinajstić information content (AvgIpc) is 2.75. The summed E-state index contributed by atoms with van der Waals surface area (Å²) in [4.78, 5) is 0. The van der Waals surface area contributed by atoms with Crippen LogP contribution in [0.25, 0.3) is 0 Å². The minimum Gasteiger partial charge on any atom is -0.481 e. The molecule has 0 fully saturated rings. The molecule has 0 aliphatic carbocycles. The Morgan fingerprint density at radius 1 is 0.906 bits per heavy atom. The predicted molar refractivity (Wildman–Crippen MR) is 128 cm³/mol. The van der Waals surface area contributed by atoms with Crippen molar-refractivity contribution in [2.75, 3.05) is 33.5 Å². The molecule has 2 rings (SSSR count). The minimum atomic E-state index is -3.25. The van der Waals surface area contributed by atoms with Gasteiger partial charge in [0.25, 0.3) is 0 Å². The molecule has 0 unspecified atom stereocenters. The van der Waals surface area contributed by atoms with E-state index in [1.165, 1.54) is 16.7 Å². The maximum Gasteiger partial charge on any atom is 0.367 e. The van der Waals surface area contributed by atoms with Gasteiger partial charge in [0, 0.05) is 7.11 Å². The molecule has 0 saturated heterocycles. The van der Waals surface area contributed by atoms with E-state index < -0.39 is 7.60 Å². The second-order valence-electron chi connectivity index (χ2n) is 7.68. The molecule has 2 aromatic carbocycles. The van der Waals surface area contributed by atoms with Gasteiger partial charge in [-0.15, -0.1) is 0 Å². The Bertz CT molecular complexity index is 878. The van der Waals surface area contributed by atoms with Gasteiger partial charge >= 0.3 is 7.60 Å². The normalized spacial score (nSPS) is 11.6. The molecule has 0 heterocycles. The Hall–Kier alpha value is -1.85. The Labute approximate surface area is 192 Å². The molecule has 0 N–H and O–H groups in total. The molecule has 32 heavy (non-hydrogen) atoms. The number of benzene rings is 2. The molecule has 0 aliphatic heterocycles. The topological polar surface area (TPSA) is 63.2 Å². The third-order valence-electron chi connectivity index (χ3n) is 5.07. The van der Waals surface area contributed by atoms with Crippen LogP contribution in [0.15, 0.2) is 30.3 Å². The van der Waals surface area contributed by atoms with Gasteiger partial charge in [0.2, 0.25) is 0 Å². The van der Waals surface area contributed by atoms with Gasteiger partial charge in [0.15, 0.2) is 13.1 Å². The van der Waals surface area contributed by atoms with Crippen molar-refractivity contribution >= 4 is 7.60 Å². The van der Waals surface area contributed by atoms with E-state index in [0.717, 1.165) is 36.1 Å². The van der Waals surface area contributed by atoms with Gasteiger partial charge in [-0.05, 0) is 86.6 Å². The van der Waals surface area contributed by atoms with Crippen LogP contribution in [0.1, 0.15) is 55.0 Å². The Morgan fingerprint density at radius 3 is 2.12 bits per heavy atom. The average molecular weight is 465 g/mol. The summed E-state index contributed by atoms with van der Waals surface area (Å²) in [6.07, 6.45) is 2.72. The van der Waals surface area contributed by atoms with E-state index in [2.05, 4.69) is 32.9 Å². The molecule has 0 aliphatic rings. The first-order valence-electron chi connectivity index (χ1n) is 11.2. The molecule has 178 valence electrons. The fourth-order valence-corrected chi connectivity index (χ4v) is 4.97. The lowest BCUT2D eigenvalue weighted by molar-refractivity contribution is 0.0504. The lowest BCUT2D eigenvalue weighted by Gasteiger charge is -2.19. The van der Waals surface area contributed by atoms with E-state index in [0.29, 0.717) is 19.0 Å². The van der Waals surface area contributed by atoms with Crippen LogP contribution in [-0.2, 0) is 31.2 Å². The van der Waals surface area contributed by atoms with E-state index >= 15 is 0 Å². The van der Waals surface area contributed by atoms with Crippen molar-refractivity contribution in [3.63, 3.8) is 0 Å². The molecular weight excluding hydrogens is 427 g/mol. The highest BCUT2D eigenvalue weighted by Gasteiger charge is 2.25. The van der Waals surface area contributed by atoms with Crippen LogP contribution in [0, 0.1) is 13.8 Å². The first-order chi connectivity index (χ1) is 15.4. The van der Waals surface area contributed by atoms with Crippen LogP contribution >= 0.6 is 7.60 Å². The van der Waals surface area contributed by atoms with E-state index in [4.69, 9.17) is 23.3 Å². The second-order valence-corrected chi connectivity index (χ2v) is 9.67. The first-order valence-corrected chi connectivity index (χ1v) is 12.9. The molecule has 0 saturated carbocycles. The molecule has 0 spiro atoms. The fraction of sp³-hybridized carbons (Fsp3) is 0.520. The van der Waals surface area contributed by atoms with E-state index in [9.17, 15) is 4.57 Å². The SMILES string of the molecule is CCCc1cc(Cc2c(C)cc(OCP(=O)(OCC)OCC)cc2C)ccc1OCOC. The van der Waals surface area contributed by atoms with Crippen molar-refractivity contribution in [1.82, 2.24) is 0 Å². The third-order valence-corrected chi connectivity index (χ3v) is 6.82. The van der Waals surface area contributed by atoms with Crippen molar-refractivity contribution in [1.29, 1.82) is 0 Å². The van der Waals surface area contributed by atoms with Crippen molar-refractivity contribution in [2.45, 2.75) is 53.9 Å². The van der Waals surface area contributed by atoms with Gasteiger partial charge in [-0.2, -0.15) is 0 Å². The summed E-state index contributed by atoms with van der Waals surface area (Å²) >= 11 is 0. The summed E-state index contributed by atoms with van der Waals surface area (Å²) in [5.41, 5.74) is 5.93. The van der Waals surface area contributed by atoms with Crippen molar-refractivity contribution in [3.05, 3.63) is 58.1 Å². The van der Waals surface area contributed by atoms with Crippen LogP contribution in [0.3, 0.4) is 0 Å². The number of ether oxygens (including phenoxy) is 3. The molecule has 7 heteroatoms. The molecule has 6 nitrogen and oxygen atoms in total. The Morgan fingerprint density at radius 2 is 1.56 bits per heavy atom. The number of aryl methyl sites for hydroxylation is 3. The van der Waals surface area contributed by atoms with Crippen molar-refractivity contribution in [3.8, 4) is 11.5 Å². The summed E-state index contributed by atoms with van der Waals surface area (Å²) in [6.45, 7) is 10.8. The maximum absolute atomic E-state index is 12.7. The van der Waals surface area contributed by atoms with Gasteiger partial charge in [0.05, 0.1) is 13.2 Å². The molecule has 2 aromatic rings. The van der Waals surface area contributed by atoms with Crippen LogP contribution in [-0.4, -0.2) is 33.5 Å². The summed E-state index contributed by atoms with van der Waals surface area (Å²) < 4.78 is 39.8. The maximum atomic E-state index is 12.7. The van der Waals surface area contributed by atoms with Crippen molar-refractivity contribution in [2.24, 2.45) is 0 Å². The Balaban J connectivity index is 2.18. The highest BCUT2D eigenvalue weighted by molar-refractivity contribution is 7.53. The predicted octanol–water partition coefficient (Wildman–Crippen LogP) is 6.43. The highest BCUT2D eigenvalue weighted by atomic mass is 31.2. The summed E-state index contributed by atoms with van der Waals surface area (Å²) in [7, 11) is -1.63. The summed E-state index contributed by atoms with van der Waals surface area (Å²) in [6, 6.07) is 10.3. The fourth-order valence-electron chi connectivity index (χ4n) is 3.65. The number of rotatable bonds is 14. The van der Waals surface area contributed by atoms with Crippen molar-refractivity contribution < 1.29 is 27.8 Å². The summed E-state index contributed by atoms with van der Waals surface area (Å²) in [5, 5.41) is 0. The van der Waals surface area contributed by atoms with Gasteiger partial charge in [-0.3, -0.25) is 4.57 Å². The highest BCUT2D eigenvalue weighted by Crippen LogP contribution is 2.48. The minimum absolute atomic E-state index is 0.101. The van der Waals surface area contributed by atoms with Crippen LogP contribution in [0.4, 0.5) is 0 Å². The van der Waals surface area contributed by atoms with Gasteiger partial charge in [-0.25, -0.2) is 0 Å². The van der Waals surface area contributed by atoms with Gasteiger partial charge in [-0.1, -0.05) is 25.5 Å². The van der Waals surface area contributed by atoms with Gasteiger partial charge < -0.3 is 23.3 Å². The molecule has 0 atom stereocenters. The first kappa shape index (κ1) is 26.4. The third kappa shape index (κ3) is 7.63. The molecule has 0 bridgehead atoms. The lowest BCUT2D eigenvalue weighted by Crippen LogP contribution is -2.06.